The third-order valence-corrected chi connectivity index (χ3v) is 4.97. The fourth-order valence-corrected chi connectivity index (χ4v) is 3.36. The number of benzene rings is 2. The normalized spacial score (nSPS) is 13.3. The van der Waals surface area contributed by atoms with Crippen LogP contribution in [0.2, 0.25) is 0 Å². The predicted octanol–water partition coefficient (Wildman–Crippen LogP) is 7.30. The van der Waals surface area contributed by atoms with Gasteiger partial charge in [0.2, 0.25) is 0 Å². The van der Waals surface area contributed by atoms with Gasteiger partial charge in [-0.3, -0.25) is 0 Å². The van der Waals surface area contributed by atoms with Crippen molar-refractivity contribution in [3.63, 3.8) is 0 Å². The first-order valence-electron chi connectivity index (χ1n) is 9.24. The van der Waals surface area contributed by atoms with Crippen molar-refractivity contribution in [3.05, 3.63) is 53.1 Å². The third kappa shape index (κ3) is 3.62. The Morgan fingerprint density at radius 2 is 1.46 bits per heavy atom. The predicted molar refractivity (Wildman–Crippen MR) is 108 cm³/mol. The fourth-order valence-electron chi connectivity index (χ4n) is 3.36. The molecule has 0 bridgehead atoms. The molecule has 0 atom stereocenters. The molecule has 0 aliphatic carbocycles. The second-order valence-corrected chi connectivity index (χ2v) is 9.32. The molecule has 0 saturated carbocycles. The Morgan fingerprint density at radius 3 is 2.00 bits per heavy atom. The van der Waals surface area contributed by atoms with Crippen LogP contribution in [0.4, 0.5) is 19.1 Å². The molecule has 1 aromatic heterocycles. The van der Waals surface area contributed by atoms with Crippen molar-refractivity contribution in [2.75, 3.05) is 5.73 Å². The average Bonchev–Trinajstić information content (AvgIpc) is 2.87. The van der Waals surface area contributed by atoms with Crippen LogP contribution in [0.25, 0.3) is 22.1 Å². The molecule has 2 nitrogen and oxygen atoms in total. The van der Waals surface area contributed by atoms with Crippen LogP contribution in [-0.4, -0.2) is 0 Å². The number of alkyl halides is 3. The van der Waals surface area contributed by atoms with E-state index in [1.807, 2.05) is 6.07 Å². The van der Waals surface area contributed by atoms with Crippen LogP contribution in [0.15, 0.2) is 40.8 Å². The molecule has 0 fully saturated rings. The number of rotatable bonds is 1. The van der Waals surface area contributed by atoms with Gasteiger partial charge < -0.3 is 10.2 Å². The van der Waals surface area contributed by atoms with E-state index in [1.54, 1.807) is 6.07 Å². The molecular weight excluding hydrogens is 363 g/mol. The summed E-state index contributed by atoms with van der Waals surface area (Å²) >= 11 is 0. The number of anilines is 1. The molecule has 28 heavy (non-hydrogen) atoms. The summed E-state index contributed by atoms with van der Waals surface area (Å²) in [6.07, 6.45) is -4.42. The SMILES string of the molecule is CC(C)(C)c1cc(C(C)(C)C)c2oc(N)c(-c3cccc(C(F)(F)F)c3)c2c1. The number of hydrogen-bond acceptors (Lipinski definition) is 2. The molecule has 0 amide bonds. The van der Waals surface area contributed by atoms with Crippen LogP contribution in [0.3, 0.4) is 0 Å². The van der Waals surface area contributed by atoms with Crippen LogP contribution in [0.5, 0.6) is 0 Å². The lowest BCUT2D eigenvalue weighted by Gasteiger charge is -2.25. The Labute approximate surface area is 163 Å². The highest BCUT2D eigenvalue weighted by Gasteiger charge is 2.32. The van der Waals surface area contributed by atoms with Gasteiger partial charge in [0.05, 0.1) is 11.1 Å². The number of furan rings is 1. The zero-order chi connectivity index (χ0) is 21.1. The molecule has 150 valence electrons. The number of fused-ring (bicyclic) bond motifs is 1. The highest BCUT2D eigenvalue weighted by atomic mass is 19.4. The summed E-state index contributed by atoms with van der Waals surface area (Å²) < 4.78 is 45.5. The van der Waals surface area contributed by atoms with E-state index in [0.717, 1.165) is 28.6 Å². The second-order valence-electron chi connectivity index (χ2n) is 9.32. The zero-order valence-corrected chi connectivity index (χ0v) is 17.1. The van der Waals surface area contributed by atoms with Gasteiger partial charge in [-0.2, -0.15) is 13.2 Å². The van der Waals surface area contributed by atoms with Gasteiger partial charge in [0, 0.05) is 10.9 Å². The lowest BCUT2D eigenvalue weighted by atomic mass is 9.79. The molecule has 0 aliphatic rings. The molecule has 2 aromatic carbocycles. The minimum absolute atomic E-state index is 0.130. The largest absolute Gasteiger partial charge is 0.440 e. The number of halogens is 3. The van der Waals surface area contributed by atoms with Gasteiger partial charge in [-0.15, -0.1) is 0 Å². The van der Waals surface area contributed by atoms with E-state index in [2.05, 4.69) is 47.6 Å². The van der Waals surface area contributed by atoms with Crippen LogP contribution < -0.4 is 5.73 Å². The standard InChI is InChI=1S/C23H26F3NO/c1-21(2,3)15-11-16-18(13-8-7-9-14(10-13)23(24,25)26)20(27)28-19(16)17(12-15)22(4,5)6/h7-12H,27H2,1-6H3. The number of nitrogens with two attached hydrogens (primary N) is 1. The van der Waals surface area contributed by atoms with Gasteiger partial charge in [0.25, 0.3) is 0 Å². The topological polar surface area (TPSA) is 39.2 Å². The van der Waals surface area contributed by atoms with Crippen LogP contribution in [0.1, 0.15) is 58.2 Å². The van der Waals surface area contributed by atoms with Gasteiger partial charge >= 0.3 is 6.18 Å². The molecule has 0 radical (unpaired) electrons. The first-order valence-corrected chi connectivity index (χ1v) is 9.24. The van der Waals surface area contributed by atoms with Gasteiger partial charge in [0.1, 0.15) is 5.58 Å². The summed E-state index contributed by atoms with van der Waals surface area (Å²) in [5.41, 5.74) is 8.72. The highest BCUT2D eigenvalue weighted by Crippen LogP contribution is 2.44. The van der Waals surface area contributed by atoms with Gasteiger partial charge in [-0.05, 0) is 40.2 Å². The molecule has 5 heteroatoms. The Morgan fingerprint density at radius 1 is 0.821 bits per heavy atom. The summed E-state index contributed by atoms with van der Waals surface area (Å²) in [5.74, 6) is 0.130. The first kappa shape index (κ1) is 20.3. The van der Waals surface area contributed by atoms with Gasteiger partial charge in [-0.1, -0.05) is 59.7 Å². The average molecular weight is 389 g/mol. The number of hydrogen-bond donors (Lipinski definition) is 1. The van der Waals surface area contributed by atoms with Crippen LogP contribution >= 0.6 is 0 Å². The maximum Gasteiger partial charge on any atom is 0.416 e. The highest BCUT2D eigenvalue weighted by molar-refractivity contribution is 6.01. The lowest BCUT2D eigenvalue weighted by molar-refractivity contribution is -0.137. The molecule has 2 N–H and O–H groups in total. The van der Waals surface area contributed by atoms with E-state index in [1.165, 1.54) is 6.07 Å². The second kappa shape index (κ2) is 6.29. The monoisotopic (exact) mass is 389 g/mol. The fraction of sp³-hybridized carbons (Fsp3) is 0.391. The Kier molecular flexibility index (Phi) is 4.56. The summed E-state index contributed by atoms with van der Waals surface area (Å²) in [6.45, 7) is 12.6. The molecule has 1 heterocycles. The Bertz CT molecular complexity index is 1030. The van der Waals surface area contributed by atoms with Gasteiger partial charge in [0.15, 0.2) is 5.88 Å². The molecule has 0 aliphatic heterocycles. The minimum Gasteiger partial charge on any atom is -0.440 e. The Balaban J connectivity index is 2.38. The summed E-state index contributed by atoms with van der Waals surface area (Å²) in [5, 5.41) is 0.745. The molecule has 0 spiro atoms. The maximum absolute atomic E-state index is 13.2. The quantitative estimate of drug-likeness (QED) is 0.474. The van der Waals surface area contributed by atoms with Crippen molar-refractivity contribution in [1.29, 1.82) is 0 Å². The van der Waals surface area contributed by atoms with Crippen LogP contribution in [-0.2, 0) is 17.0 Å². The number of nitrogen functional groups attached to an aromatic ring is 1. The molecule has 3 aromatic rings. The molecular formula is C23H26F3NO. The smallest absolute Gasteiger partial charge is 0.416 e. The maximum atomic E-state index is 13.2. The van der Waals surface area contributed by atoms with Crippen molar-refractivity contribution >= 4 is 16.9 Å². The van der Waals surface area contributed by atoms with E-state index in [9.17, 15) is 13.2 Å². The summed E-state index contributed by atoms with van der Waals surface area (Å²) in [6, 6.07) is 9.32. The van der Waals surface area contributed by atoms with Crippen LogP contribution in [0, 0.1) is 0 Å². The molecule has 3 rings (SSSR count). The van der Waals surface area contributed by atoms with E-state index in [-0.39, 0.29) is 16.7 Å². The summed E-state index contributed by atoms with van der Waals surface area (Å²) in [7, 11) is 0. The minimum atomic E-state index is -4.42. The molecule has 0 unspecified atom stereocenters. The van der Waals surface area contributed by atoms with Crippen molar-refractivity contribution in [2.24, 2.45) is 0 Å². The van der Waals surface area contributed by atoms with E-state index >= 15 is 0 Å². The zero-order valence-electron chi connectivity index (χ0n) is 17.1. The third-order valence-electron chi connectivity index (χ3n) is 4.97. The van der Waals surface area contributed by atoms with Crippen molar-refractivity contribution < 1.29 is 17.6 Å². The van der Waals surface area contributed by atoms with Crippen molar-refractivity contribution in [2.45, 2.75) is 58.5 Å². The van der Waals surface area contributed by atoms with Crippen molar-refractivity contribution in [1.82, 2.24) is 0 Å². The van der Waals surface area contributed by atoms with E-state index < -0.39 is 11.7 Å². The van der Waals surface area contributed by atoms with E-state index in [0.29, 0.717) is 16.7 Å². The first-order chi connectivity index (χ1) is 12.7. The summed E-state index contributed by atoms with van der Waals surface area (Å²) in [4.78, 5) is 0. The van der Waals surface area contributed by atoms with Gasteiger partial charge in [-0.25, -0.2) is 0 Å². The van der Waals surface area contributed by atoms with E-state index in [4.69, 9.17) is 10.2 Å². The lowest BCUT2D eigenvalue weighted by Crippen LogP contribution is -2.16. The molecule has 0 saturated heterocycles. The Hall–Kier alpha value is -2.43. The van der Waals surface area contributed by atoms with Crippen molar-refractivity contribution in [3.8, 4) is 11.1 Å².